The predicted octanol–water partition coefficient (Wildman–Crippen LogP) is 8.98. The van der Waals surface area contributed by atoms with Gasteiger partial charge < -0.3 is 34.2 Å². The van der Waals surface area contributed by atoms with Gasteiger partial charge in [-0.1, -0.05) is 80.3 Å². The molecule has 0 saturated heterocycles. The first-order chi connectivity index (χ1) is 33.2. The van der Waals surface area contributed by atoms with Crippen LogP contribution in [-0.2, 0) is 32.3 Å². The number of benzene rings is 4. The second-order valence-corrected chi connectivity index (χ2v) is 24.7. The van der Waals surface area contributed by atoms with Crippen LogP contribution < -0.4 is 9.47 Å². The zero-order chi connectivity index (χ0) is 50.5. The number of aliphatic hydroxyl groups is 2. The van der Waals surface area contributed by atoms with Gasteiger partial charge in [0.05, 0.1) is 19.9 Å². The molecule has 0 radical (unpaired) electrons. The maximum atomic E-state index is 12.6. The van der Waals surface area contributed by atoms with Gasteiger partial charge in [0.15, 0.2) is 22.5 Å². The third-order valence-electron chi connectivity index (χ3n) is 12.1. The lowest BCUT2D eigenvalue weighted by atomic mass is 9.91. The molecule has 0 bridgehead atoms. The Morgan fingerprint density at radius 2 is 1.19 bits per heavy atom. The Morgan fingerprint density at radius 1 is 0.671 bits per heavy atom. The standard InChI is InChI=1S/C30H38N4O4Si.C24H24N4O3/c1-30(36,29(35)33(2)3)23-12-10-11-21(17-23)22-18-25-27(24-13-8-9-14-26(24)37-4)32-34(28(25)31-19-22)20-38-15-16-39(5,6)7;1-24(30,23(29)28(2)3)17-9-7-8-15(12-17)16-13-19-21(26-27-22(19)25-14-16)18-10-5-6-11-20(18)31-4/h8-14,17-19,36H,15-16,20H2,1-7H3;5-14,30H,1-4H3,(H,25,26,27). The molecule has 15 nitrogen and oxygen atoms in total. The number of hydrogen-bond donors (Lipinski definition) is 3. The molecule has 2 amide bonds. The van der Waals surface area contributed by atoms with Crippen LogP contribution in [0, 0.1) is 0 Å². The zero-order valence-electron chi connectivity index (χ0n) is 41.7. The predicted molar refractivity (Wildman–Crippen MR) is 277 cm³/mol. The average molecular weight is 963 g/mol. The summed E-state index contributed by atoms with van der Waals surface area (Å²) in [4.78, 5) is 37.2. The third kappa shape index (κ3) is 10.8. The number of hydrogen-bond acceptors (Lipinski definition) is 11. The van der Waals surface area contributed by atoms with E-state index in [4.69, 9.17) is 24.3 Å². The molecule has 4 heterocycles. The van der Waals surface area contributed by atoms with Gasteiger partial charge in [0.2, 0.25) is 0 Å². The van der Waals surface area contributed by atoms with Crippen LogP contribution in [0.3, 0.4) is 0 Å². The van der Waals surface area contributed by atoms with Crippen molar-refractivity contribution in [1.29, 1.82) is 0 Å². The van der Waals surface area contributed by atoms with E-state index in [1.807, 2.05) is 97.1 Å². The van der Waals surface area contributed by atoms with Gasteiger partial charge in [0, 0.05) is 88.3 Å². The number of aromatic amines is 1. The lowest BCUT2D eigenvalue weighted by Crippen LogP contribution is -2.41. The molecule has 0 fully saturated rings. The van der Waals surface area contributed by atoms with Crippen LogP contribution in [0.15, 0.2) is 122 Å². The minimum atomic E-state index is -1.66. The van der Waals surface area contributed by atoms with E-state index in [1.54, 1.807) is 71.6 Å². The van der Waals surface area contributed by atoms with E-state index < -0.39 is 19.3 Å². The SMILES string of the molecule is COc1ccccc1-c1[nH]nc2ncc(-c3cccc(C(C)(O)C(=O)N(C)C)c3)cc12.COc1ccccc1-c1nn(COCC[Si](C)(C)C)c2ncc(-c3cccc(C(C)(O)C(=O)N(C)C)c3)cc12. The Hall–Kier alpha value is -7.24. The fourth-order valence-corrected chi connectivity index (χ4v) is 8.87. The zero-order valence-corrected chi connectivity index (χ0v) is 42.7. The highest BCUT2D eigenvalue weighted by atomic mass is 28.3. The lowest BCUT2D eigenvalue weighted by Gasteiger charge is -2.26. The van der Waals surface area contributed by atoms with Gasteiger partial charge in [-0.25, -0.2) is 14.6 Å². The summed E-state index contributed by atoms with van der Waals surface area (Å²) < 4.78 is 19.0. The lowest BCUT2D eigenvalue weighted by molar-refractivity contribution is -0.148. The minimum absolute atomic E-state index is 0.299. The summed E-state index contributed by atoms with van der Waals surface area (Å²) in [7, 11) is 8.57. The molecule has 2 unspecified atom stereocenters. The van der Waals surface area contributed by atoms with E-state index in [2.05, 4.69) is 34.8 Å². The Labute approximate surface area is 409 Å². The summed E-state index contributed by atoms with van der Waals surface area (Å²) in [6, 6.07) is 35.3. The fourth-order valence-electron chi connectivity index (χ4n) is 8.11. The summed E-state index contributed by atoms with van der Waals surface area (Å²) in [6.45, 7) is 11.0. The number of methoxy groups -OCH3 is 2. The van der Waals surface area contributed by atoms with E-state index in [0.717, 1.165) is 67.3 Å². The van der Waals surface area contributed by atoms with E-state index in [0.29, 0.717) is 41.5 Å². The summed E-state index contributed by atoms with van der Waals surface area (Å²) in [5.74, 6) is 0.682. The maximum Gasteiger partial charge on any atom is 0.258 e. The molecule has 4 aromatic heterocycles. The summed E-state index contributed by atoms with van der Waals surface area (Å²) in [6.07, 6.45) is 3.52. The number of ether oxygens (including phenoxy) is 3. The number of H-pyrrole nitrogens is 1. The molecule has 8 rings (SSSR count). The van der Waals surface area contributed by atoms with Crippen molar-refractivity contribution in [1.82, 2.24) is 39.7 Å². The van der Waals surface area contributed by atoms with Crippen molar-refractivity contribution in [3.05, 3.63) is 133 Å². The Balaban J connectivity index is 0.000000212. The normalized spacial score (nSPS) is 13.2. The minimum Gasteiger partial charge on any atom is -0.496 e. The number of para-hydroxylation sites is 2. The van der Waals surface area contributed by atoms with E-state index >= 15 is 0 Å². The first-order valence-corrected chi connectivity index (χ1v) is 26.6. The molecule has 0 aliphatic rings. The van der Waals surface area contributed by atoms with E-state index in [1.165, 1.54) is 23.6 Å². The molecular formula is C54H62N8O7Si. The number of amides is 2. The van der Waals surface area contributed by atoms with Crippen molar-refractivity contribution in [3.8, 4) is 56.3 Å². The largest absolute Gasteiger partial charge is 0.496 e. The number of likely N-dealkylation sites (N-methyl/N-ethyl adjacent to an activating group) is 2. The number of pyridine rings is 2. The molecule has 0 spiro atoms. The maximum absolute atomic E-state index is 12.6. The molecule has 70 heavy (non-hydrogen) atoms. The number of aromatic nitrogens is 6. The monoisotopic (exact) mass is 962 g/mol. The van der Waals surface area contributed by atoms with Gasteiger partial charge in [-0.3, -0.25) is 14.7 Å². The highest BCUT2D eigenvalue weighted by Crippen LogP contribution is 2.38. The molecule has 0 saturated carbocycles. The number of carbonyl (C=O) groups is 2. The molecule has 2 atom stereocenters. The fraction of sp³-hybridized carbons (Fsp3) is 0.296. The van der Waals surface area contributed by atoms with E-state index in [-0.39, 0.29) is 11.8 Å². The number of nitrogens with zero attached hydrogens (tertiary/aromatic N) is 7. The number of nitrogens with one attached hydrogen (secondary N) is 1. The molecule has 4 aromatic carbocycles. The van der Waals surface area contributed by atoms with E-state index in [9.17, 15) is 19.8 Å². The smallest absolute Gasteiger partial charge is 0.258 e. The van der Waals surface area contributed by atoms with Crippen molar-refractivity contribution < 1.29 is 34.0 Å². The molecular weight excluding hydrogens is 901 g/mol. The first kappa shape index (κ1) is 50.6. The van der Waals surface area contributed by atoms with Crippen molar-refractivity contribution >= 4 is 42.0 Å². The second kappa shape index (κ2) is 20.8. The van der Waals surface area contributed by atoms with Crippen LogP contribution in [0.25, 0.3) is 66.8 Å². The molecule has 16 heteroatoms. The van der Waals surface area contributed by atoms with Crippen LogP contribution in [-0.4, -0.2) is 119 Å². The average Bonchev–Trinajstić information content (AvgIpc) is 3.95. The highest BCUT2D eigenvalue weighted by Gasteiger charge is 2.35. The quantitative estimate of drug-likeness (QED) is 0.0659. The molecule has 0 aliphatic heterocycles. The third-order valence-corrected chi connectivity index (χ3v) is 13.8. The number of rotatable bonds is 15. The van der Waals surface area contributed by atoms with Crippen LogP contribution >= 0.6 is 0 Å². The van der Waals surface area contributed by atoms with Crippen LogP contribution in [0.2, 0.25) is 25.7 Å². The molecule has 8 aromatic rings. The topological polar surface area (TPSA) is 181 Å². The van der Waals surface area contributed by atoms with Crippen molar-refractivity contribution in [2.24, 2.45) is 0 Å². The van der Waals surface area contributed by atoms with Crippen molar-refractivity contribution in [2.45, 2.75) is 57.5 Å². The molecule has 0 aliphatic carbocycles. The highest BCUT2D eigenvalue weighted by molar-refractivity contribution is 6.76. The van der Waals surface area contributed by atoms with Gasteiger partial charge in [0.1, 0.15) is 23.9 Å². The van der Waals surface area contributed by atoms with Crippen LogP contribution in [0.5, 0.6) is 11.5 Å². The molecule has 364 valence electrons. The van der Waals surface area contributed by atoms with Crippen LogP contribution in [0.1, 0.15) is 25.0 Å². The van der Waals surface area contributed by atoms with Crippen molar-refractivity contribution in [2.75, 3.05) is 49.0 Å². The molecule has 3 N–H and O–H groups in total. The summed E-state index contributed by atoms with van der Waals surface area (Å²) in [5.41, 5.74) is 5.71. The second-order valence-electron chi connectivity index (χ2n) is 19.1. The van der Waals surface area contributed by atoms with Gasteiger partial charge in [-0.2, -0.15) is 10.2 Å². The summed E-state index contributed by atoms with van der Waals surface area (Å²) >= 11 is 0. The van der Waals surface area contributed by atoms with Crippen molar-refractivity contribution in [3.63, 3.8) is 0 Å². The Kier molecular flexibility index (Phi) is 15.0. The first-order valence-electron chi connectivity index (χ1n) is 22.9. The Morgan fingerprint density at radius 3 is 1.73 bits per heavy atom. The van der Waals surface area contributed by atoms with Gasteiger partial charge in [-0.05, 0) is 90.7 Å². The Bertz CT molecular complexity index is 3150. The summed E-state index contributed by atoms with van der Waals surface area (Å²) in [5, 5.41) is 35.9. The van der Waals surface area contributed by atoms with Crippen LogP contribution in [0.4, 0.5) is 0 Å². The van der Waals surface area contributed by atoms with Gasteiger partial charge >= 0.3 is 0 Å². The van der Waals surface area contributed by atoms with Gasteiger partial charge in [-0.15, -0.1) is 0 Å². The number of carbonyl (C=O) groups excluding carboxylic acids is 2. The van der Waals surface area contributed by atoms with Gasteiger partial charge in [0.25, 0.3) is 11.8 Å². The number of fused-ring (bicyclic) bond motifs is 2.